The minimum Gasteiger partial charge on any atom is -0.300 e. The van der Waals surface area contributed by atoms with Crippen LogP contribution >= 0.6 is 0 Å². The van der Waals surface area contributed by atoms with E-state index < -0.39 is 0 Å². The Morgan fingerprint density at radius 2 is 2.17 bits per heavy atom. The lowest BCUT2D eigenvalue weighted by Gasteiger charge is -2.51. The summed E-state index contributed by atoms with van der Waals surface area (Å²) in [7, 11) is 0. The van der Waals surface area contributed by atoms with Gasteiger partial charge in [0.05, 0.1) is 0 Å². The highest BCUT2D eigenvalue weighted by Gasteiger charge is 2.45. The van der Waals surface area contributed by atoms with Crippen molar-refractivity contribution in [2.45, 2.75) is 38.6 Å². The molecule has 0 bridgehead atoms. The van der Waals surface area contributed by atoms with Gasteiger partial charge in [-0.25, -0.2) is 0 Å². The average Bonchev–Trinajstić information content (AvgIpc) is 2.49. The molecule has 4 atom stereocenters. The Morgan fingerprint density at radius 1 is 1.25 bits per heavy atom. The SMILES string of the molecule is CC1C[C@@H]2CN3CCC[C@@H]3CC12. The topological polar surface area (TPSA) is 3.24 Å². The molecule has 0 aromatic heterocycles. The van der Waals surface area contributed by atoms with Crippen molar-refractivity contribution in [1.29, 1.82) is 0 Å². The van der Waals surface area contributed by atoms with Gasteiger partial charge in [0, 0.05) is 12.6 Å². The fourth-order valence-corrected chi connectivity index (χ4v) is 3.75. The van der Waals surface area contributed by atoms with Crippen LogP contribution in [0.4, 0.5) is 0 Å². The summed E-state index contributed by atoms with van der Waals surface area (Å²) in [5.74, 6) is 3.26. The average molecular weight is 165 g/mol. The predicted octanol–water partition coefficient (Wildman–Crippen LogP) is 2.13. The first-order valence-corrected chi connectivity index (χ1v) is 5.58. The monoisotopic (exact) mass is 165 g/mol. The van der Waals surface area contributed by atoms with Crippen LogP contribution in [0.5, 0.6) is 0 Å². The lowest BCUT2D eigenvalue weighted by atomic mass is 9.61. The van der Waals surface area contributed by atoms with E-state index in [0.717, 1.165) is 23.8 Å². The lowest BCUT2D eigenvalue weighted by Crippen LogP contribution is -2.51. The van der Waals surface area contributed by atoms with E-state index >= 15 is 0 Å². The molecular weight excluding hydrogens is 146 g/mol. The van der Waals surface area contributed by atoms with Crippen molar-refractivity contribution in [3.05, 3.63) is 0 Å². The first-order chi connectivity index (χ1) is 5.84. The number of fused-ring (bicyclic) bond motifs is 2. The van der Waals surface area contributed by atoms with E-state index in [9.17, 15) is 0 Å². The van der Waals surface area contributed by atoms with E-state index in [2.05, 4.69) is 11.8 Å². The Kier molecular flexibility index (Phi) is 1.52. The quantitative estimate of drug-likeness (QED) is 0.531. The van der Waals surface area contributed by atoms with Gasteiger partial charge in [0.15, 0.2) is 0 Å². The Morgan fingerprint density at radius 3 is 3.00 bits per heavy atom. The zero-order valence-electron chi connectivity index (χ0n) is 8.00. The highest BCUT2D eigenvalue weighted by atomic mass is 15.2. The van der Waals surface area contributed by atoms with Gasteiger partial charge in [-0.3, -0.25) is 0 Å². The molecule has 2 heterocycles. The molecule has 0 N–H and O–H groups in total. The van der Waals surface area contributed by atoms with Crippen LogP contribution in [-0.4, -0.2) is 24.0 Å². The van der Waals surface area contributed by atoms with Gasteiger partial charge >= 0.3 is 0 Å². The Labute approximate surface area is 75.1 Å². The highest BCUT2D eigenvalue weighted by molar-refractivity contribution is 4.98. The molecule has 0 aromatic carbocycles. The summed E-state index contributed by atoms with van der Waals surface area (Å²) in [6.07, 6.45) is 6.02. The van der Waals surface area contributed by atoms with Crippen molar-refractivity contribution in [1.82, 2.24) is 4.90 Å². The summed E-state index contributed by atoms with van der Waals surface area (Å²) in [4.78, 5) is 2.76. The minimum absolute atomic E-state index is 0.994. The zero-order valence-corrected chi connectivity index (χ0v) is 8.00. The first-order valence-electron chi connectivity index (χ1n) is 5.58. The smallest absolute Gasteiger partial charge is 0.00986 e. The molecule has 0 amide bonds. The summed E-state index contributed by atoms with van der Waals surface area (Å²) in [5, 5.41) is 0. The molecule has 1 heteroatoms. The van der Waals surface area contributed by atoms with Crippen LogP contribution in [0, 0.1) is 17.8 Å². The third-order valence-electron chi connectivity index (χ3n) is 4.52. The van der Waals surface area contributed by atoms with E-state index in [1.807, 2.05) is 0 Å². The lowest BCUT2D eigenvalue weighted by molar-refractivity contribution is -0.0205. The van der Waals surface area contributed by atoms with Gasteiger partial charge in [0.2, 0.25) is 0 Å². The molecule has 3 fully saturated rings. The molecule has 1 saturated carbocycles. The van der Waals surface area contributed by atoms with E-state index in [4.69, 9.17) is 0 Å². The van der Waals surface area contributed by atoms with Crippen molar-refractivity contribution >= 4 is 0 Å². The van der Waals surface area contributed by atoms with Gasteiger partial charge in [-0.1, -0.05) is 6.92 Å². The number of piperidine rings is 1. The first kappa shape index (κ1) is 7.37. The second-order valence-corrected chi connectivity index (χ2v) is 5.16. The molecule has 1 nitrogen and oxygen atoms in total. The Hall–Kier alpha value is -0.0400. The molecule has 2 saturated heterocycles. The number of hydrogen-bond donors (Lipinski definition) is 0. The fourth-order valence-electron chi connectivity index (χ4n) is 3.75. The summed E-state index contributed by atoms with van der Waals surface area (Å²) in [6.45, 7) is 5.30. The van der Waals surface area contributed by atoms with Crippen LogP contribution in [0.3, 0.4) is 0 Å². The van der Waals surface area contributed by atoms with Crippen LogP contribution in [0.15, 0.2) is 0 Å². The third kappa shape index (κ3) is 0.891. The van der Waals surface area contributed by atoms with Crippen LogP contribution < -0.4 is 0 Å². The molecule has 3 rings (SSSR count). The fraction of sp³-hybridized carbons (Fsp3) is 1.00. The van der Waals surface area contributed by atoms with Crippen molar-refractivity contribution in [3.8, 4) is 0 Å². The van der Waals surface area contributed by atoms with Crippen LogP contribution in [-0.2, 0) is 0 Å². The molecular formula is C11H19N. The standard InChI is InChI=1S/C11H19N/c1-8-5-9-7-12-4-2-3-10(12)6-11(8)9/h8-11H,2-7H2,1H3/t8?,9-,10-,11?/m1/s1. The van der Waals surface area contributed by atoms with E-state index in [1.165, 1.54) is 38.8 Å². The van der Waals surface area contributed by atoms with Gasteiger partial charge in [0.25, 0.3) is 0 Å². The van der Waals surface area contributed by atoms with Gasteiger partial charge in [-0.05, 0) is 50.0 Å². The van der Waals surface area contributed by atoms with E-state index in [0.29, 0.717) is 0 Å². The Bertz CT molecular complexity index is 189. The number of nitrogens with zero attached hydrogens (tertiary/aromatic N) is 1. The minimum atomic E-state index is 0.994. The maximum Gasteiger partial charge on any atom is 0.00986 e. The van der Waals surface area contributed by atoms with Gasteiger partial charge in [-0.2, -0.15) is 0 Å². The van der Waals surface area contributed by atoms with E-state index in [1.54, 1.807) is 0 Å². The molecule has 0 spiro atoms. The van der Waals surface area contributed by atoms with Crippen LogP contribution in [0.25, 0.3) is 0 Å². The molecule has 0 radical (unpaired) electrons. The van der Waals surface area contributed by atoms with Crippen LogP contribution in [0.2, 0.25) is 0 Å². The van der Waals surface area contributed by atoms with Crippen molar-refractivity contribution < 1.29 is 0 Å². The molecule has 12 heavy (non-hydrogen) atoms. The molecule has 2 aliphatic heterocycles. The van der Waals surface area contributed by atoms with Crippen LogP contribution in [0.1, 0.15) is 32.6 Å². The summed E-state index contributed by atoms with van der Waals surface area (Å²) < 4.78 is 0. The molecule has 1 aliphatic carbocycles. The summed E-state index contributed by atoms with van der Waals surface area (Å²) >= 11 is 0. The predicted molar refractivity (Wildman–Crippen MR) is 50.0 cm³/mol. The van der Waals surface area contributed by atoms with Gasteiger partial charge < -0.3 is 4.90 Å². The summed E-state index contributed by atoms with van der Waals surface area (Å²) in [6, 6.07) is 0.994. The maximum atomic E-state index is 2.76. The van der Waals surface area contributed by atoms with E-state index in [-0.39, 0.29) is 0 Å². The van der Waals surface area contributed by atoms with Gasteiger partial charge in [-0.15, -0.1) is 0 Å². The van der Waals surface area contributed by atoms with Crippen molar-refractivity contribution in [3.63, 3.8) is 0 Å². The number of rotatable bonds is 0. The molecule has 0 aromatic rings. The molecule has 2 unspecified atom stereocenters. The third-order valence-corrected chi connectivity index (χ3v) is 4.52. The second kappa shape index (κ2) is 2.47. The highest BCUT2D eigenvalue weighted by Crippen LogP contribution is 2.48. The van der Waals surface area contributed by atoms with Crippen molar-refractivity contribution in [2.24, 2.45) is 17.8 Å². The maximum absolute atomic E-state index is 2.76. The van der Waals surface area contributed by atoms with Gasteiger partial charge in [0.1, 0.15) is 0 Å². The number of hydrogen-bond acceptors (Lipinski definition) is 1. The summed E-state index contributed by atoms with van der Waals surface area (Å²) in [5.41, 5.74) is 0. The normalized spacial score (nSPS) is 52.8. The largest absolute Gasteiger partial charge is 0.300 e. The zero-order chi connectivity index (χ0) is 8.13. The Balaban J connectivity index is 1.73. The molecule has 3 aliphatic rings. The van der Waals surface area contributed by atoms with Crippen molar-refractivity contribution in [2.75, 3.05) is 13.1 Å². The second-order valence-electron chi connectivity index (χ2n) is 5.16. The molecule has 68 valence electrons.